The van der Waals surface area contributed by atoms with Crippen molar-refractivity contribution in [2.24, 2.45) is 5.73 Å². The van der Waals surface area contributed by atoms with Crippen molar-refractivity contribution in [2.45, 2.75) is 13.3 Å². The van der Waals surface area contributed by atoms with Gasteiger partial charge in [-0.3, -0.25) is 0 Å². The van der Waals surface area contributed by atoms with E-state index in [0.717, 1.165) is 16.6 Å². The first-order valence-electron chi connectivity index (χ1n) is 4.22. The lowest BCUT2D eigenvalue weighted by Gasteiger charge is -2.09. The monoisotopic (exact) mass is 243 g/mol. The minimum atomic E-state index is 0.672. The van der Waals surface area contributed by atoms with Crippen molar-refractivity contribution in [1.29, 1.82) is 0 Å². The average Bonchev–Trinajstić information content (AvgIpc) is 2.10. The van der Waals surface area contributed by atoms with Crippen molar-refractivity contribution in [1.82, 2.24) is 0 Å². The molecule has 0 saturated carbocycles. The second-order valence-corrected chi connectivity index (χ2v) is 3.81. The molecule has 0 aliphatic carbocycles. The SMILES string of the molecule is COc1cc(CCN)c(C)cc1Br. The van der Waals surface area contributed by atoms with Gasteiger partial charge in [0.1, 0.15) is 5.75 Å². The molecule has 3 heteroatoms. The summed E-state index contributed by atoms with van der Waals surface area (Å²) in [5, 5.41) is 0. The number of benzene rings is 1. The Labute approximate surface area is 87.2 Å². The molecule has 2 N–H and O–H groups in total. The highest BCUT2D eigenvalue weighted by molar-refractivity contribution is 9.10. The van der Waals surface area contributed by atoms with Gasteiger partial charge in [0, 0.05) is 0 Å². The van der Waals surface area contributed by atoms with E-state index in [0.29, 0.717) is 6.54 Å². The summed E-state index contributed by atoms with van der Waals surface area (Å²) >= 11 is 3.44. The molecule has 0 saturated heterocycles. The van der Waals surface area contributed by atoms with E-state index in [1.165, 1.54) is 11.1 Å². The fourth-order valence-corrected chi connectivity index (χ4v) is 1.90. The largest absolute Gasteiger partial charge is 0.496 e. The van der Waals surface area contributed by atoms with Crippen molar-refractivity contribution in [3.8, 4) is 5.75 Å². The molecule has 13 heavy (non-hydrogen) atoms. The summed E-state index contributed by atoms with van der Waals surface area (Å²) in [6.45, 7) is 2.75. The predicted molar refractivity (Wildman–Crippen MR) is 58.2 cm³/mol. The van der Waals surface area contributed by atoms with E-state index < -0.39 is 0 Å². The van der Waals surface area contributed by atoms with Gasteiger partial charge in [0.25, 0.3) is 0 Å². The minimum absolute atomic E-state index is 0.672. The van der Waals surface area contributed by atoms with Crippen LogP contribution in [0, 0.1) is 6.92 Å². The van der Waals surface area contributed by atoms with Crippen LogP contribution in [0.4, 0.5) is 0 Å². The maximum absolute atomic E-state index is 5.51. The molecule has 0 radical (unpaired) electrons. The molecule has 2 nitrogen and oxygen atoms in total. The summed E-state index contributed by atoms with van der Waals surface area (Å²) < 4.78 is 6.19. The average molecular weight is 244 g/mol. The van der Waals surface area contributed by atoms with Crippen molar-refractivity contribution >= 4 is 15.9 Å². The number of ether oxygens (including phenoxy) is 1. The Kier molecular flexibility index (Phi) is 3.75. The van der Waals surface area contributed by atoms with Gasteiger partial charge in [0.2, 0.25) is 0 Å². The van der Waals surface area contributed by atoms with E-state index in [1.54, 1.807) is 7.11 Å². The molecule has 72 valence electrons. The van der Waals surface area contributed by atoms with Crippen LogP contribution in [0.2, 0.25) is 0 Å². The maximum Gasteiger partial charge on any atom is 0.133 e. The van der Waals surface area contributed by atoms with Gasteiger partial charge in [0.05, 0.1) is 11.6 Å². The predicted octanol–water partition coefficient (Wildman–Crippen LogP) is 2.27. The summed E-state index contributed by atoms with van der Waals surface area (Å²) in [6, 6.07) is 4.09. The zero-order valence-electron chi connectivity index (χ0n) is 7.93. The van der Waals surface area contributed by atoms with Crippen LogP contribution in [0.5, 0.6) is 5.75 Å². The van der Waals surface area contributed by atoms with Crippen molar-refractivity contribution in [3.05, 3.63) is 27.7 Å². The normalized spacial score (nSPS) is 10.2. The van der Waals surface area contributed by atoms with E-state index >= 15 is 0 Å². The Bertz CT molecular complexity index is 299. The molecule has 0 aliphatic heterocycles. The minimum Gasteiger partial charge on any atom is -0.496 e. The topological polar surface area (TPSA) is 35.2 Å². The van der Waals surface area contributed by atoms with Crippen LogP contribution < -0.4 is 10.5 Å². The summed E-state index contributed by atoms with van der Waals surface area (Å²) in [7, 11) is 1.67. The van der Waals surface area contributed by atoms with E-state index in [9.17, 15) is 0 Å². The van der Waals surface area contributed by atoms with Crippen LogP contribution in [0.25, 0.3) is 0 Å². The van der Waals surface area contributed by atoms with Gasteiger partial charge in [-0.1, -0.05) is 0 Å². The fraction of sp³-hybridized carbons (Fsp3) is 0.400. The fourth-order valence-electron chi connectivity index (χ4n) is 1.28. The number of halogens is 1. The zero-order valence-corrected chi connectivity index (χ0v) is 9.52. The Balaban J connectivity index is 3.06. The number of hydrogen-bond acceptors (Lipinski definition) is 2. The molecule has 0 spiro atoms. The molecule has 0 aromatic heterocycles. The first-order chi connectivity index (χ1) is 6.19. The zero-order chi connectivity index (χ0) is 9.84. The van der Waals surface area contributed by atoms with Crippen molar-refractivity contribution < 1.29 is 4.74 Å². The molecule has 0 heterocycles. The van der Waals surface area contributed by atoms with Gasteiger partial charge in [-0.05, 0) is 59.1 Å². The van der Waals surface area contributed by atoms with Crippen LogP contribution in [0.3, 0.4) is 0 Å². The number of aryl methyl sites for hydroxylation is 1. The van der Waals surface area contributed by atoms with Crippen LogP contribution in [-0.2, 0) is 6.42 Å². The van der Waals surface area contributed by atoms with E-state index in [4.69, 9.17) is 10.5 Å². The highest BCUT2D eigenvalue weighted by Gasteiger charge is 2.04. The lowest BCUT2D eigenvalue weighted by atomic mass is 10.1. The highest BCUT2D eigenvalue weighted by Crippen LogP contribution is 2.28. The Morgan fingerprint density at radius 2 is 2.15 bits per heavy atom. The summed E-state index contributed by atoms with van der Waals surface area (Å²) in [5.41, 5.74) is 8.01. The van der Waals surface area contributed by atoms with Crippen LogP contribution in [0.15, 0.2) is 16.6 Å². The van der Waals surface area contributed by atoms with Gasteiger partial charge >= 0.3 is 0 Å². The lowest BCUT2D eigenvalue weighted by molar-refractivity contribution is 0.411. The molecule has 1 aromatic carbocycles. The third kappa shape index (κ3) is 2.45. The summed E-state index contributed by atoms with van der Waals surface area (Å²) in [5.74, 6) is 0.869. The molecular weight excluding hydrogens is 230 g/mol. The first kappa shape index (κ1) is 10.5. The number of rotatable bonds is 3. The van der Waals surface area contributed by atoms with E-state index in [-0.39, 0.29) is 0 Å². The second-order valence-electron chi connectivity index (χ2n) is 2.95. The number of hydrogen-bond donors (Lipinski definition) is 1. The molecule has 1 rings (SSSR count). The highest BCUT2D eigenvalue weighted by atomic mass is 79.9. The third-order valence-corrected chi connectivity index (χ3v) is 2.64. The standard InChI is InChI=1S/C10H14BrNO/c1-7-5-9(11)10(13-2)6-8(7)3-4-12/h5-6H,3-4,12H2,1-2H3. The molecule has 0 amide bonds. The lowest BCUT2D eigenvalue weighted by Crippen LogP contribution is -2.04. The van der Waals surface area contributed by atoms with Gasteiger partial charge < -0.3 is 10.5 Å². The van der Waals surface area contributed by atoms with Crippen molar-refractivity contribution in [2.75, 3.05) is 13.7 Å². The number of methoxy groups -OCH3 is 1. The third-order valence-electron chi connectivity index (χ3n) is 2.02. The van der Waals surface area contributed by atoms with Gasteiger partial charge in [-0.15, -0.1) is 0 Å². The van der Waals surface area contributed by atoms with Gasteiger partial charge in [0.15, 0.2) is 0 Å². The molecule has 1 aromatic rings. The van der Waals surface area contributed by atoms with Crippen LogP contribution in [0.1, 0.15) is 11.1 Å². The quantitative estimate of drug-likeness (QED) is 0.885. The Hall–Kier alpha value is -0.540. The molecule has 0 bridgehead atoms. The summed E-state index contributed by atoms with van der Waals surface area (Å²) in [4.78, 5) is 0. The smallest absolute Gasteiger partial charge is 0.133 e. The first-order valence-corrected chi connectivity index (χ1v) is 5.01. The number of nitrogens with two attached hydrogens (primary N) is 1. The molecule has 0 aliphatic rings. The molecular formula is C10H14BrNO. The molecule has 0 fully saturated rings. The van der Waals surface area contributed by atoms with Gasteiger partial charge in [-0.2, -0.15) is 0 Å². The second kappa shape index (κ2) is 4.63. The van der Waals surface area contributed by atoms with Crippen LogP contribution in [-0.4, -0.2) is 13.7 Å². The maximum atomic E-state index is 5.51. The van der Waals surface area contributed by atoms with E-state index in [2.05, 4.69) is 28.9 Å². The van der Waals surface area contributed by atoms with Crippen LogP contribution >= 0.6 is 15.9 Å². The molecule has 0 unspecified atom stereocenters. The molecule has 0 atom stereocenters. The van der Waals surface area contributed by atoms with E-state index in [1.807, 2.05) is 6.07 Å². The van der Waals surface area contributed by atoms with Crippen molar-refractivity contribution in [3.63, 3.8) is 0 Å². The Morgan fingerprint density at radius 1 is 1.46 bits per heavy atom. The Morgan fingerprint density at radius 3 is 2.69 bits per heavy atom. The van der Waals surface area contributed by atoms with Gasteiger partial charge in [-0.25, -0.2) is 0 Å². The summed E-state index contributed by atoms with van der Waals surface area (Å²) in [6.07, 6.45) is 0.898.